The highest BCUT2D eigenvalue weighted by molar-refractivity contribution is 7.92. The number of aryl methyl sites for hydroxylation is 1. The number of amides is 2. The fraction of sp³-hybridized carbons (Fsp3) is 0.333. The van der Waals surface area contributed by atoms with Crippen molar-refractivity contribution >= 4 is 38.3 Å². The highest BCUT2D eigenvalue weighted by Crippen LogP contribution is 2.28. The zero-order chi connectivity index (χ0) is 25.6. The van der Waals surface area contributed by atoms with Crippen molar-refractivity contribution in [3.63, 3.8) is 0 Å². The van der Waals surface area contributed by atoms with Crippen LogP contribution in [0.5, 0.6) is 0 Å². The topological polar surface area (TPSA) is 86.8 Å². The molecule has 3 rings (SSSR count). The zero-order valence-electron chi connectivity index (χ0n) is 20.7. The first-order valence-corrected chi connectivity index (χ1v) is 13.6. The van der Waals surface area contributed by atoms with E-state index in [1.54, 1.807) is 12.1 Å². The number of carbonyl (C=O) groups excluding carboxylic acids is 2. The van der Waals surface area contributed by atoms with Crippen molar-refractivity contribution < 1.29 is 18.0 Å². The van der Waals surface area contributed by atoms with Gasteiger partial charge in [0.05, 0.1) is 11.9 Å². The van der Waals surface area contributed by atoms with Gasteiger partial charge in [-0.25, -0.2) is 8.42 Å². The smallest absolute Gasteiger partial charge is 0.244 e. The van der Waals surface area contributed by atoms with Gasteiger partial charge in [-0.05, 0) is 37.3 Å². The normalized spacial score (nSPS) is 12.2. The van der Waals surface area contributed by atoms with Crippen molar-refractivity contribution in [3.05, 3.63) is 77.9 Å². The molecule has 3 aromatic carbocycles. The van der Waals surface area contributed by atoms with Gasteiger partial charge >= 0.3 is 0 Å². The van der Waals surface area contributed by atoms with E-state index in [0.29, 0.717) is 18.7 Å². The Labute approximate surface area is 207 Å². The number of fused-ring (bicyclic) bond motifs is 1. The average molecular weight is 496 g/mol. The molecule has 0 aliphatic heterocycles. The number of rotatable bonds is 10. The van der Waals surface area contributed by atoms with Crippen LogP contribution in [0.1, 0.15) is 31.4 Å². The number of carbonyl (C=O) groups is 2. The molecule has 1 unspecified atom stereocenters. The van der Waals surface area contributed by atoms with Crippen LogP contribution in [-0.4, -0.2) is 50.5 Å². The van der Waals surface area contributed by atoms with Gasteiger partial charge in [0.1, 0.15) is 12.6 Å². The summed E-state index contributed by atoms with van der Waals surface area (Å²) in [6.07, 6.45) is 1.49. The van der Waals surface area contributed by atoms with Gasteiger partial charge in [-0.15, -0.1) is 0 Å². The summed E-state index contributed by atoms with van der Waals surface area (Å²) in [6, 6.07) is 19.8. The minimum Gasteiger partial charge on any atom is -0.355 e. The standard InChI is InChI=1S/C27H33N3O4S/c1-5-24(27(32)28-6-2)29(18-21-12-9-11-20(3)17-21)26(31)19-30(35(4,33)34)25-16-10-14-22-13-7-8-15-23(22)25/h7-17,24H,5-6,18-19H2,1-4H3,(H,28,32). The number of nitrogens with zero attached hydrogens (tertiary/aromatic N) is 2. The Morgan fingerprint density at radius 2 is 1.66 bits per heavy atom. The molecule has 0 aromatic heterocycles. The summed E-state index contributed by atoms with van der Waals surface area (Å²) in [4.78, 5) is 28.1. The number of sulfonamides is 1. The zero-order valence-corrected chi connectivity index (χ0v) is 21.5. The summed E-state index contributed by atoms with van der Waals surface area (Å²) in [6.45, 7) is 5.85. The maximum atomic E-state index is 13.7. The maximum absolute atomic E-state index is 13.7. The predicted molar refractivity (Wildman–Crippen MR) is 141 cm³/mol. The first-order valence-electron chi connectivity index (χ1n) is 11.7. The third-order valence-electron chi connectivity index (χ3n) is 5.89. The van der Waals surface area contributed by atoms with Crippen LogP contribution in [0.25, 0.3) is 10.8 Å². The van der Waals surface area contributed by atoms with Crippen LogP contribution in [0, 0.1) is 6.92 Å². The van der Waals surface area contributed by atoms with Crippen molar-refractivity contribution in [1.82, 2.24) is 10.2 Å². The van der Waals surface area contributed by atoms with Crippen LogP contribution in [0.2, 0.25) is 0 Å². The Bertz CT molecular complexity index is 1300. The van der Waals surface area contributed by atoms with Crippen molar-refractivity contribution in [1.29, 1.82) is 0 Å². The van der Waals surface area contributed by atoms with Gasteiger partial charge in [-0.3, -0.25) is 13.9 Å². The third-order valence-corrected chi connectivity index (χ3v) is 7.01. The van der Waals surface area contributed by atoms with Crippen molar-refractivity contribution in [3.8, 4) is 0 Å². The first kappa shape index (κ1) is 26.2. The second kappa shape index (κ2) is 11.4. The lowest BCUT2D eigenvalue weighted by Crippen LogP contribution is -2.52. The largest absolute Gasteiger partial charge is 0.355 e. The van der Waals surface area contributed by atoms with Gasteiger partial charge in [0, 0.05) is 18.5 Å². The summed E-state index contributed by atoms with van der Waals surface area (Å²) < 4.78 is 26.9. The molecule has 1 N–H and O–H groups in total. The Morgan fingerprint density at radius 3 is 2.31 bits per heavy atom. The van der Waals surface area contributed by atoms with Crippen molar-refractivity contribution in [2.45, 2.75) is 39.8 Å². The predicted octanol–water partition coefficient (Wildman–Crippen LogP) is 3.86. The number of anilines is 1. The van der Waals surface area contributed by atoms with E-state index < -0.39 is 28.5 Å². The highest BCUT2D eigenvalue weighted by atomic mass is 32.2. The van der Waals surface area contributed by atoms with Crippen LogP contribution >= 0.6 is 0 Å². The number of hydrogen-bond acceptors (Lipinski definition) is 4. The molecule has 7 nitrogen and oxygen atoms in total. The monoisotopic (exact) mass is 495 g/mol. The molecule has 2 amide bonds. The number of hydrogen-bond donors (Lipinski definition) is 1. The van der Waals surface area contributed by atoms with Crippen molar-refractivity contribution in [2.24, 2.45) is 0 Å². The molecule has 0 aliphatic rings. The second-order valence-corrected chi connectivity index (χ2v) is 10.5. The molecule has 0 saturated carbocycles. The van der Waals surface area contributed by atoms with Crippen LogP contribution in [-0.2, 0) is 26.2 Å². The molecule has 186 valence electrons. The lowest BCUT2D eigenvalue weighted by Gasteiger charge is -2.33. The number of likely N-dealkylation sites (N-methyl/N-ethyl adjacent to an activating group) is 1. The lowest BCUT2D eigenvalue weighted by molar-refractivity contribution is -0.140. The maximum Gasteiger partial charge on any atom is 0.244 e. The van der Waals surface area contributed by atoms with E-state index in [1.165, 1.54) is 4.90 Å². The van der Waals surface area contributed by atoms with Gasteiger partial charge < -0.3 is 10.2 Å². The van der Waals surface area contributed by atoms with Gasteiger partial charge in [0.25, 0.3) is 0 Å². The number of nitrogens with one attached hydrogen (secondary N) is 1. The van der Waals surface area contributed by atoms with E-state index in [4.69, 9.17) is 0 Å². The molecule has 0 spiro atoms. The molecule has 3 aromatic rings. The molecule has 8 heteroatoms. The molecule has 1 atom stereocenters. The van der Waals surface area contributed by atoms with Crippen LogP contribution < -0.4 is 9.62 Å². The Morgan fingerprint density at radius 1 is 0.971 bits per heavy atom. The molecular weight excluding hydrogens is 462 g/mol. The lowest BCUT2D eigenvalue weighted by atomic mass is 10.1. The van der Waals surface area contributed by atoms with Gasteiger partial charge in [0.15, 0.2) is 0 Å². The van der Waals surface area contributed by atoms with Crippen LogP contribution in [0.3, 0.4) is 0 Å². The second-order valence-electron chi connectivity index (χ2n) is 8.60. The third kappa shape index (κ3) is 6.39. The highest BCUT2D eigenvalue weighted by Gasteiger charge is 2.32. The van der Waals surface area contributed by atoms with Gasteiger partial charge in [-0.2, -0.15) is 0 Å². The SMILES string of the molecule is CCNC(=O)C(CC)N(Cc1cccc(C)c1)C(=O)CN(c1cccc2ccccc12)S(C)(=O)=O. The summed E-state index contributed by atoms with van der Waals surface area (Å²) in [5, 5.41) is 4.41. The van der Waals surface area contributed by atoms with E-state index in [1.807, 2.05) is 75.4 Å². The quantitative estimate of drug-likeness (QED) is 0.463. The van der Waals surface area contributed by atoms with E-state index in [-0.39, 0.29) is 12.5 Å². The molecular formula is C27H33N3O4S. The summed E-state index contributed by atoms with van der Waals surface area (Å²) in [7, 11) is -3.80. The summed E-state index contributed by atoms with van der Waals surface area (Å²) >= 11 is 0. The van der Waals surface area contributed by atoms with E-state index in [2.05, 4.69) is 5.32 Å². The van der Waals surface area contributed by atoms with E-state index in [9.17, 15) is 18.0 Å². The minimum atomic E-state index is -3.80. The van der Waals surface area contributed by atoms with E-state index >= 15 is 0 Å². The fourth-order valence-corrected chi connectivity index (χ4v) is 5.10. The minimum absolute atomic E-state index is 0.198. The summed E-state index contributed by atoms with van der Waals surface area (Å²) in [5.74, 6) is -0.699. The van der Waals surface area contributed by atoms with E-state index in [0.717, 1.165) is 32.5 Å². The van der Waals surface area contributed by atoms with Crippen LogP contribution in [0.4, 0.5) is 5.69 Å². The molecule has 0 aliphatic carbocycles. The number of benzene rings is 3. The van der Waals surface area contributed by atoms with Crippen molar-refractivity contribution in [2.75, 3.05) is 23.7 Å². The molecule has 0 radical (unpaired) electrons. The molecule has 0 heterocycles. The molecule has 0 fully saturated rings. The average Bonchev–Trinajstić information content (AvgIpc) is 2.81. The van der Waals surface area contributed by atoms with Gasteiger partial charge in [0.2, 0.25) is 21.8 Å². The van der Waals surface area contributed by atoms with Crippen LogP contribution in [0.15, 0.2) is 66.7 Å². The summed E-state index contributed by atoms with van der Waals surface area (Å²) in [5.41, 5.74) is 2.34. The molecule has 0 saturated heterocycles. The first-order chi connectivity index (χ1) is 16.7. The Balaban J connectivity index is 2.03. The Hall–Kier alpha value is -3.39. The molecule has 0 bridgehead atoms. The molecule has 35 heavy (non-hydrogen) atoms. The fourth-order valence-electron chi connectivity index (χ4n) is 4.24. The van der Waals surface area contributed by atoms with Gasteiger partial charge in [-0.1, -0.05) is 73.2 Å². The Kier molecular flexibility index (Phi) is 8.51.